The first-order valence-corrected chi connectivity index (χ1v) is 28.7. The number of rotatable bonds is 19. The van der Waals surface area contributed by atoms with Gasteiger partial charge in [0.2, 0.25) is 17.2 Å². The minimum Gasteiger partial charge on any atom is -0.452 e. The zero-order chi connectivity index (χ0) is 53.7. The van der Waals surface area contributed by atoms with Crippen LogP contribution in [-0.4, -0.2) is 138 Å². The van der Waals surface area contributed by atoms with Gasteiger partial charge < -0.3 is 60.2 Å². The van der Waals surface area contributed by atoms with Gasteiger partial charge in [0.15, 0.2) is 35.0 Å². The number of alkyl carbamates (subject to hydrolysis) is 1. The molecular formula is C40H52N10O20P3S+. The van der Waals surface area contributed by atoms with E-state index < -0.39 is 93.6 Å². The quantitative estimate of drug-likeness (QED) is 0.0231. The topological polar surface area (TPSA) is 429 Å². The summed E-state index contributed by atoms with van der Waals surface area (Å²) in [5.41, 5.74) is 6.74. The van der Waals surface area contributed by atoms with Gasteiger partial charge in [-0.2, -0.15) is 22.0 Å². The molecule has 0 spiro atoms. The molecule has 6 atom stereocenters. The number of fused-ring (bicyclic) bond motifs is 5. The third-order valence-corrected chi connectivity index (χ3v) is 16.6. The molecule has 2 amide bonds. The molecule has 4 aromatic rings. The second kappa shape index (κ2) is 20.9. The van der Waals surface area contributed by atoms with Crippen LogP contribution in [-0.2, 0) is 57.6 Å². The van der Waals surface area contributed by atoms with E-state index in [2.05, 4.69) is 50.2 Å². The number of nitrogens with one attached hydrogen (secondary N) is 3. The van der Waals surface area contributed by atoms with Crippen molar-refractivity contribution in [3.63, 3.8) is 0 Å². The van der Waals surface area contributed by atoms with Gasteiger partial charge in [-0.15, -0.1) is 0 Å². The fraction of sp³-hybridized carbons (Fsp3) is 0.475. The van der Waals surface area contributed by atoms with E-state index >= 15 is 0 Å². The highest BCUT2D eigenvalue weighted by atomic mass is 32.2. The van der Waals surface area contributed by atoms with Gasteiger partial charge >= 0.3 is 29.6 Å². The Morgan fingerprint density at radius 3 is 2.51 bits per heavy atom. The van der Waals surface area contributed by atoms with Crippen molar-refractivity contribution in [2.24, 2.45) is 4.99 Å². The minimum atomic E-state index is -5.91. The normalized spacial score (nSPS) is 21.7. The number of hydrogen-bond donors (Lipinski definition) is 10. The van der Waals surface area contributed by atoms with Crippen LogP contribution in [0.3, 0.4) is 0 Å². The smallest absolute Gasteiger partial charge is 0.452 e. The molecule has 74 heavy (non-hydrogen) atoms. The number of ether oxygens (including phenoxy) is 3. The van der Waals surface area contributed by atoms with E-state index in [1.807, 2.05) is 30.9 Å². The highest BCUT2D eigenvalue weighted by Gasteiger charge is 2.50. The Morgan fingerprint density at radius 1 is 1.05 bits per heavy atom. The highest BCUT2D eigenvalue weighted by molar-refractivity contribution is 7.86. The number of aliphatic hydroxyl groups excluding tert-OH is 1. The van der Waals surface area contributed by atoms with E-state index in [-0.39, 0.29) is 36.6 Å². The van der Waals surface area contributed by atoms with Gasteiger partial charge in [-0.25, -0.2) is 33.0 Å². The van der Waals surface area contributed by atoms with E-state index in [9.17, 15) is 55.9 Å². The first-order valence-electron chi connectivity index (χ1n) is 22.6. The number of anilines is 2. The molecule has 11 N–H and O–H groups in total. The van der Waals surface area contributed by atoms with Crippen LogP contribution >= 0.6 is 23.5 Å². The number of nitrogens with two attached hydrogens (primary N) is 1. The van der Waals surface area contributed by atoms with Crippen LogP contribution in [0, 0.1) is 0 Å². The third kappa shape index (κ3) is 12.6. The average Bonchev–Trinajstić information content (AvgIpc) is 3.83. The molecule has 2 aromatic heterocycles. The number of carbonyl (C=O) groups excluding carboxylic acids is 2. The Hall–Kier alpha value is -5.49. The Kier molecular flexibility index (Phi) is 15.5. The number of aryl methyl sites for hydroxylation is 1. The van der Waals surface area contributed by atoms with Gasteiger partial charge in [0, 0.05) is 55.4 Å². The predicted molar refractivity (Wildman–Crippen MR) is 257 cm³/mol. The van der Waals surface area contributed by atoms with Crippen LogP contribution in [0.2, 0.25) is 0 Å². The Balaban J connectivity index is 0.897. The van der Waals surface area contributed by atoms with Crippen LogP contribution in [0.15, 0.2) is 46.5 Å². The Bertz CT molecular complexity index is 3400. The maximum atomic E-state index is 13.1. The molecule has 4 aliphatic heterocycles. The van der Waals surface area contributed by atoms with Crippen LogP contribution in [0.5, 0.6) is 11.5 Å². The summed E-state index contributed by atoms with van der Waals surface area (Å²) in [4.78, 5) is 92.9. The molecular weight excluding hydrogens is 1070 g/mol. The number of benzene rings is 2. The lowest BCUT2D eigenvalue weighted by molar-refractivity contribution is -0.121. The summed E-state index contributed by atoms with van der Waals surface area (Å²) in [5, 5.41) is 18.0. The van der Waals surface area contributed by atoms with Gasteiger partial charge in [-0.05, 0) is 51.3 Å². The summed E-state index contributed by atoms with van der Waals surface area (Å²) >= 11 is 0. The summed E-state index contributed by atoms with van der Waals surface area (Å²) in [5.74, 6) is -0.399. The van der Waals surface area contributed by atoms with Crippen molar-refractivity contribution in [2.45, 2.75) is 76.5 Å². The number of aromatic amines is 1. The number of aliphatic hydroxyl groups is 1. The Morgan fingerprint density at radius 2 is 1.80 bits per heavy atom. The zero-order valence-corrected chi connectivity index (χ0v) is 43.0. The summed E-state index contributed by atoms with van der Waals surface area (Å²) in [6.07, 6.45) is -3.25. The number of hydrogen-bond acceptors (Lipinski definition) is 20. The summed E-state index contributed by atoms with van der Waals surface area (Å²) in [6, 6.07) is 7.53. The predicted octanol–water partition coefficient (Wildman–Crippen LogP) is 0.379. The molecule has 402 valence electrons. The van der Waals surface area contributed by atoms with Gasteiger partial charge in [-0.1, -0.05) is 6.08 Å². The van der Waals surface area contributed by atoms with Crippen molar-refractivity contribution in [2.75, 3.05) is 55.7 Å². The molecule has 0 saturated carbocycles. The molecule has 4 aliphatic rings. The van der Waals surface area contributed by atoms with E-state index in [0.717, 1.165) is 47.7 Å². The number of H-pyrrole nitrogens is 1. The lowest BCUT2D eigenvalue weighted by Crippen LogP contribution is -2.46. The van der Waals surface area contributed by atoms with E-state index in [4.69, 9.17) is 34.7 Å². The minimum absolute atomic E-state index is 0.00644. The molecule has 2 aromatic carbocycles. The fourth-order valence-corrected chi connectivity index (χ4v) is 12.7. The number of imidazole rings is 1. The number of carbonyl (C=O) groups is 2. The number of amides is 2. The summed E-state index contributed by atoms with van der Waals surface area (Å²) in [7, 11) is -21.8. The number of phosphoric ester groups is 1. The van der Waals surface area contributed by atoms with Crippen molar-refractivity contribution in [3.05, 3.63) is 68.9 Å². The monoisotopic (exact) mass is 1120 g/mol. The first-order chi connectivity index (χ1) is 34.6. The van der Waals surface area contributed by atoms with Crippen LogP contribution in [0.1, 0.15) is 57.4 Å². The number of nitrogens with zero attached hydrogens (tertiary/aromatic N) is 6. The van der Waals surface area contributed by atoms with Crippen LogP contribution in [0.4, 0.5) is 22.1 Å². The summed E-state index contributed by atoms with van der Waals surface area (Å²) in [6.45, 7) is 6.38. The second-order valence-electron chi connectivity index (χ2n) is 17.9. The van der Waals surface area contributed by atoms with Crippen molar-refractivity contribution in [1.29, 1.82) is 0 Å². The van der Waals surface area contributed by atoms with E-state index in [0.29, 0.717) is 52.3 Å². The molecule has 34 heteroatoms. The molecule has 6 heterocycles. The van der Waals surface area contributed by atoms with E-state index in [1.165, 1.54) is 0 Å². The maximum Gasteiger partial charge on any atom is 0.490 e. The second-order valence-corrected chi connectivity index (χ2v) is 23.7. The number of phosphoric acid groups is 3. The summed E-state index contributed by atoms with van der Waals surface area (Å²) < 4.78 is 103. The average molecular weight is 1120 g/mol. The largest absolute Gasteiger partial charge is 0.490 e. The van der Waals surface area contributed by atoms with Crippen molar-refractivity contribution >= 4 is 79.6 Å². The molecule has 8 rings (SSSR count). The molecule has 0 aliphatic carbocycles. The molecule has 30 nitrogen and oxygen atoms in total. The standard InChI is InChI=1S/C40H51N10O20P3S/c1-4-48-11-5-7-21-13-24-28(15-26(21)48)66-29-16-27-23(14-25(29)45-24)22(19-74(62,63)64)17-40(2,3)50(27)12-6-8-31(51)42-9-10-43-39(54)68-34-33(52)30(18-65-72(58,59)70-73(60,61)69-71(55,56)57)67-37(34)49-20-44-32-35(49)46-38(41)47-36(32)53/h13-17,20,30,33-34,37,52H,4-12,18-19H2,1-3H3,(H9-,41,42,43,46,47,51,53,54,55,56,57,58,59,60,61,62,63,64)/p+1/t30-,33-,34-,37-/m1/s1. The molecule has 2 unspecified atom stereocenters. The molecule has 0 radical (unpaired) electrons. The lowest BCUT2D eigenvalue weighted by atomic mass is 9.88. The maximum absolute atomic E-state index is 13.1. The third-order valence-electron chi connectivity index (χ3n) is 12.1. The molecule has 0 bridgehead atoms. The van der Waals surface area contributed by atoms with Crippen molar-refractivity contribution in [3.8, 4) is 11.5 Å². The molecule has 1 saturated heterocycles. The molecule has 1 fully saturated rings. The number of nitrogen functional groups attached to an aromatic ring is 1. The van der Waals surface area contributed by atoms with Gasteiger partial charge in [0.1, 0.15) is 42.1 Å². The lowest BCUT2D eigenvalue weighted by Gasteiger charge is -2.44. The Labute approximate surface area is 419 Å². The van der Waals surface area contributed by atoms with Crippen molar-refractivity contribution < 1.29 is 88.3 Å². The van der Waals surface area contributed by atoms with E-state index in [1.54, 1.807) is 18.2 Å². The first kappa shape index (κ1) is 54.8. The van der Waals surface area contributed by atoms with Gasteiger partial charge in [-0.3, -0.25) is 28.2 Å². The zero-order valence-electron chi connectivity index (χ0n) is 39.5. The van der Waals surface area contributed by atoms with Crippen molar-refractivity contribution in [1.82, 2.24) is 34.7 Å². The SMILES string of the molecule is CC[N+]1=c2cc3c(cc2CCC1)=Nc1cc2c(cc1O3)N(CCCC(=O)NCCNC(=O)O[C@@H]1[C@H](O)[C@@H](COP(=O)(O)OP(=O)(O)OP(=O)(O)O)O[C@H]1n1cnc3c(=O)[nH]c(N)nc31)C(C)(C)C=C2CS(=O)(=O)O. The number of aromatic nitrogens is 4. The highest BCUT2D eigenvalue weighted by Crippen LogP contribution is 2.66. The van der Waals surface area contributed by atoms with Crippen LogP contribution in [0.25, 0.3) is 16.7 Å². The van der Waals surface area contributed by atoms with Crippen LogP contribution < -0.4 is 46.9 Å². The fourth-order valence-electron chi connectivity index (χ4n) is 9.07. The van der Waals surface area contributed by atoms with Gasteiger partial charge in [0.05, 0.1) is 24.5 Å². The van der Waals surface area contributed by atoms with Gasteiger partial charge in [0.25, 0.3) is 15.7 Å².